The van der Waals surface area contributed by atoms with Crippen LogP contribution in [0, 0.1) is 0 Å². The van der Waals surface area contributed by atoms with E-state index in [-0.39, 0.29) is 11.5 Å². The maximum absolute atomic E-state index is 10.5. The molecule has 2 N–H and O–H groups in total. The van der Waals surface area contributed by atoms with Gasteiger partial charge in [0, 0.05) is 31.1 Å². The topological polar surface area (TPSA) is 67.3 Å². The van der Waals surface area contributed by atoms with E-state index in [0.717, 1.165) is 0 Å². The van der Waals surface area contributed by atoms with Crippen molar-refractivity contribution in [2.24, 2.45) is 0 Å². The normalized spacial score (nSPS) is 26.8. The molecule has 1 saturated heterocycles. The van der Waals surface area contributed by atoms with Gasteiger partial charge in [-0.1, -0.05) is 32.4 Å². The van der Waals surface area contributed by atoms with Crippen molar-refractivity contribution < 1.29 is 9.84 Å². The first kappa shape index (κ1) is 15.5. The first-order valence-electron chi connectivity index (χ1n) is 6.84. The summed E-state index contributed by atoms with van der Waals surface area (Å²) in [5, 5.41) is 14.0. The second kappa shape index (κ2) is 5.47. The minimum Gasteiger partial charge on any atom is -0.385 e. The van der Waals surface area contributed by atoms with Gasteiger partial charge in [0.05, 0.1) is 6.10 Å². The fourth-order valence-corrected chi connectivity index (χ4v) is 2.27. The summed E-state index contributed by atoms with van der Waals surface area (Å²) in [5.74, 6) is 1.30. The van der Waals surface area contributed by atoms with Gasteiger partial charge in [-0.15, -0.1) is 0 Å². The average Bonchev–Trinajstić information content (AvgIpc) is 2.66. The molecule has 2 heterocycles. The molecule has 0 amide bonds. The van der Waals surface area contributed by atoms with E-state index in [9.17, 15) is 5.11 Å². The first-order valence-corrected chi connectivity index (χ1v) is 7.21. The predicted molar refractivity (Wildman–Crippen MR) is 79.2 cm³/mol. The van der Waals surface area contributed by atoms with Gasteiger partial charge in [-0.05, 0) is 6.92 Å². The van der Waals surface area contributed by atoms with E-state index in [1.54, 1.807) is 6.07 Å². The van der Waals surface area contributed by atoms with Crippen LogP contribution in [0.2, 0.25) is 5.15 Å². The van der Waals surface area contributed by atoms with E-state index in [0.29, 0.717) is 36.4 Å². The molecule has 6 heteroatoms. The van der Waals surface area contributed by atoms with Crippen LogP contribution in [-0.4, -0.2) is 39.9 Å². The fraction of sp³-hybridized carbons (Fsp3) is 0.714. The quantitative estimate of drug-likeness (QED) is 0.839. The summed E-state index contributed by atoms with van der Waals surface area (Å²) in [7, 11) is 0. The highest BCUT2D eigenvalue weighted by atomic mass is 35.5. The van der Waals surface area contributed by atoms with Gasteiger partial charge >= 0.3 is 0 Å². The van der Waals surface area contributed by atoms with Gasteiger partial charge in [0.25, 0.3) is 0 Å². The summed E-state index contributed by atoms with van der Waals surface area (Å²) in [6.45, 7) is 8.93. The second-order valence-electron chi connectivity index (χ2n) is 6.37. The molecule has 20 heavy (non-hydrogen) atoms. The number of aromatic nitrogens is 2. The molecule has 2 rings (SSSR count). The minimum absolute atomic E-state index is 0.179. The van der Waals surface area contributed by atoms with Gasteiger partial charge in [0.15, 0.2) is 0 Å². The Labute approximate surface area is 124 Å². The Balaban J connectivity index is 2.12. The standard InChI is InChI=1S/C14H22ClN3O2/c1-9-14(19,5-6-20-9)8-16-11-7-10(15)17-12(18-11)13(2,3)4/h7,9,19H,5-6,8H2,1-4H3,(H,16,17,18). The second-order valence-corrected chi connectivity index (χ2v) is 6.76. The molecule has 0 aliphatic carbocycles. The smallest absolute Gasteiger partial charge is 0.137 e. The van der Waals surface area contributed by atoms with Crippen LogP contribution in [0.5, 0.6) is 0 Å². The van der Waals surface area contributed by atoms with Gasteiger partial charge in [-0.3, -0.25) is 0 Å². The van der Waals surface area contributed by atoms with Crippen molar-refractivity contribution in [3.63, 3.8) is 0 Å². The first-order chi connectivity index (χ1) is 9.21. The van der Waals surface area contributed by atoms with Crippen LogP contribution in [0.1, 0.15) is 39.9 Å². The van der Waals surface area contributed by atoms with Gasteiger partial charge in [-0.25, -0.2) is 9.97 Å². The average molecular weight is 300 g/mol. The molecule has 2 atom stereocenters. The summed E-state index contributed by atoms with van der Waals surface area (Å²) in [6, 6.07) is 1.67. The van der Waals surface area contributed by atoms with Crippen molar-refractivity contribution in [3.05, 3.63) is 17.0 Å². The molecule has 0 bridgehead atoms. The van der Waals surface area contributed by atoms with Gasteiger partial charge in [-0.2, -0.15) is 0 Å². The third-order valence-corrected chi connectivity index (χ3v) is 3.79. The summed E-state index contributed by atoms with van der Waals surface area (Å²) >= 11 is 6.04. The van der Waals surface area contributed by atoms with Crippen LogP contribution in [-0.2, 0) is 10.2 Å². The van der Waals surface area contributed by atoms with Crippen molar-refractivity contribution in [2.45, 2.75) is 51.2 Å². The van der Waals surface area contributed by atoms with Crippen LogP contribution in [0.4, 0.5) is 5.82 Å². The highest BCUT2D eigenvalue weighted by Gasteiger charge is 2.39. The van der Waals surface area contributed by atoms with Crippen LogP contribution in [0.25, 0.3) is 0 Å². The SMILES string of the molecule is CC1OCCC1(O)CNc1cc(Cl)nc(C(C)(C)C)n1. The highest BCUT2D eigenvalue weighted by molar-refractivity contribution is 6.29. The summed E-state index contributed by atoms with van der Waals surface area (Å²) in [6.07, 6.45) is 0.431. The summed E-state index contributed by atoms with van der Waals surface area (Å²) in [5.41, 5.74) is -1.04. The zero-order valence-corrected chi connectivity index (χ0v) is 13.2. The zero-order chi connectivity index (χ0) is 15.0. The molecular formula is C14H22ClN3O2. The number of hydrogen-bond acceptors (Lipinski definition) is 5. The van der Waals surface area contributed by atoms with Gasteiger partial charge in [0.2, 0.25) is 0 Å². The van der Waals surface area contributed by atoms with Crippen molar-refractivity contribution >= 4 is 17.4 Å². The number of anilines is 1. The Bertz CT molecular complexity index is 490. The van der Waals surface area contributed by atoms with E-state index in [2.05, 4.69) is 15.3 Å². The monoisotopic (exact) mass is 299 g/mol. The van der Waals surface area contributed by atoms with Crippen molar-refractivity contribution in [1.29, 1.82) is 0 Å². The van der Waals surface area contributed by atoms with Crippen molar-refractivity contribution in [3.8, 4) is 0 Å². The van der Waals surface area contributed by atoms with Crippen molar-refractivity contribution in [1.82, 2.24) is 9.97 Å². The molecule has 1 aromatic heterocycles. The fourth-order valence-electron chi connectivity index (χ4n) is 2.09. The van der Waals surface area contributed by atoms with Crippen LogP contribution in [0.3, 0.4) is 0 Å². The lowest BCUT2D eigenvalue weighted by Gasteiger charge is -2.26. The Morgan fingerprint density at radius 2 is 2.20 bits per heavy atom. The maximum Gasteiger partial charge on any atom is 0.137 e. The van der Waals surface area contributed by atoms with E-state index in [4.69, 9.17) is 16.3 Å². The zero-order valence-electron chi connectivity index (χ0n) is 12.4. The van der Waals surface area contributed by atoms with Crippen LogP contribution >= 0.6 is 11.6 Å². The van der Waals surface area contributed by atoms with Gasteiger partial charge in [0.1, 0.15) is 22.4 Å². The van der Waals surface area contributed by atoms with Crippen molar-refractivity contribution in [2.75, 3.05) is 18.5 Å². The maximum atomic E-state index is 10.5. The number of hydrogen-bond donors (Lipinski definition) is 2. The van der Waals surface area contributed by atoms with Gasteiger partial charge < -0.3 is 15.2 Å². The molecule has 5 nitrogen and oxygen atoms in total. The third-order valence-electron chi connectivity index (χ3n) is 3.60. The van der Waals surface area contributed by atoms with E-state index >= 15 is 0 Å². The lowest BCUT2D eigenvalue weighted by Crippen LogP contribution is -2.43. The molecule has 0 saturated carbocycles. The molecule has 112 valence electrons. The molecular weight excluding hydrogens is 278 g/mol. The lowest BCUT2D eigenvalue weighted by atomic mass is 9.95. The largest absolute Gasteiger partial charge is 0.385 e. The van der Waals surface area contributed by atoms with Crippen LogP contribution < -0.4 is 5.32 Å². The molecule has 0 spiro atoms. The molecule has 1 aliphatic rings. The third kappa shape index (κ3) is 3.40. The Morgan fingerprint density at radius 3 is 2.75 bits per heavy atom. The number of halogens is 1. The lowest BCUT2D eigenvalue weighted by molar-refractivity contribution is -0.0176. The number of nitrogens with one attached hydrogen (secondary N) is 1. The molecule has 1 aliphatic heterocycles. The Hall–Kier alpha value is -0.910. The predicted octanol–water partition coefficient (Wildman–Crippen LogP) is 2.38. The summed E-state index contributed by atoms with van der Waals surface area (Å²) in [4.78, 5) is 8.71. The van der Waals surface area contributed by atoms with E-state index in [1.807, 2.05) is 27.7 Å². The Morgan fingerprint density at radius 1 is 1.50 bits per heavy atom. The van der Waals surface area contributed by atoms with E-state index in [1.165, 1.54) is 0 Å². The number of aliphatic hydroxyl groups is 1. The molecule has 1 aromatic rings. The minimum atomic E-state index is -0.862. The Kier molecular flexibility index (Phi) is 4.23. The number of ether oxygens (including phenoxy) is 1. The highest BCUT2D eigenvalue weighted by Crippen LogP contribution is 2.27. The number of nitrogens with zero attached hydrogens (tertiary/aromatic N) is 2. The van der Waals surface area contributed by atoms with E-state index < -0.39 is 5.60 Å². The molecule has 0 aromatic carbocycles. The molecule has 0 radical (unpaired) electrons. The molecule has 1 fully saturated rings. The van der Waals surface area contributed by atoms with Crippen LogP contribution in [0.15, 0.2) is 6.07 Å². The molecule has 2 unspecified atom stereocenters. The summed E-state index contributed by atoms with van der Waals surface area (Å²) < 4.78 is 5.41. The number of rotatable bonds is 3.